The van der Waals surface area contributed by atoms with E-state index in [2.05, 4.69) is 32.1 Å². The van der Waals surface area contributed by atoms with Crippen LogP contribution in [0.3, 0.4) is 0 Å². The van der Waals surface area contributed by atoms with Crippen LogP contribution in [0.25, 0.3) is 0 Å². The molecule has 0 aliphatic rings. The Morgan fingerprint density at radius 2 is 1.81 bits per heavy atom. The van der Waals surface area contributed by atoms with Gasteiger partial charge in [-0.3, -0.25) is 0 Å². The maximum atomic E-state index is 8.83. The summed E-state index contributed by atoms with van der Waals surface area (Å²) in [5.41, 5.74) is 0. The molecule has 0 aromatic rings. The Bertz CT molecular complexity index is 205. The van der Waals surface area contributed by atoms with Gasteiger partial charge in [0.25, 0.3) is 0 Å². The number of unbranched alkanes of at least 4 members (excludes halogenated alkanes) is 3. The maximum absolute atomic E-state index is 8.83. The van der Waals surface area contributed by atoms with E-state index in [0.717, 1.165) is 32.1 Å². The van der Waals surface area contributed by atoms with Crippen molar-refractivity contribution >= 4 is 0 Å². The van der Waals surface area contributed by atoms with Gasteiger partial charge >= 0.3 is 0 Å². The molecule has 0 heterocycles. The highest BCUT2D eigenvalue weighted by Gasteiger charge is 2.04. The van der Waals surface area contributed by atoms with Crippen LogP contribution in [-0.4, -0.2) is 12.7 Å². The van der Waals surface area contributed by atoms with E-state index in [0.29, 0.717) is 6.61 Å². The molecule has 0 radical (unpaired) electrons. The van der Waals surface area contributed by atoms with Gasteiger partial charge in [-0.05, 0) is 19.3 Å². The molecule has 0 aliphatic carbocycles. The second-order valence-corrected chi connectivity index (χ2v) is 4.03. The number of nitrogens with zero attached hydrogens (tertiary/aromatic N) is 1. The topological polar surface area (TPSA) is 33.0 Å². The fourth-order valence-corrected chi connectivity index (χ4v) is 1.41. The van der Waals surface area contributed by atoms with Crippen molar-refractivity contribution in [2.45, 2.75) is 64.9 Å². The van der Waals surface area contributed by atoms with Gasteiger partial charge in [0.05, 0.1) is 12.7 Å². The Kier molecular flexibility index (Phi) is 11.6. The zero-order chi connectivity index (χ0) is 12.1. The van der Waals surface area contributed by atoms with Gasteiger partial charge in [0, 0.05) is 0 Å². The van der Waals surface area contributed by atoms with Gasteiger partial charge in [0.1, 0.15) is 6.10 Å². The first-order valence-corrected chi connectivity index (χ1v) is 6.51. The molecule has 1 atom stereocenters. The predicted molar refractivity (Wildman–Crippen MR) is 68.2 cm³/mol. The van der Waals surface area contributed by atoms with Crippen LogP contribution >= 0.6 is 0 Å². The predicted octanol–water partition coefficient (Wildman–Crippen LogP) is 4.22. The smallest absolute Gasteiger partial charge is 0.144 e. The van der Waals surface area contributed by atoms with Gasteiger partial charge in [-0.15, -0.1) is 0 Å². The van der Waals surface area contributed by atoms with E-state index < -0.39 is 0 Å². The number of hydrogen-bond donors (Lipinski definition) is 0. The molecular weight excluding hydrogens is 198 g/mol. The lowest BCUT2D eigenvalue weighted by molar-refractivity contribution is 0.0864. The molecule has 0 spiro atoms. The third-order valence-electron chi connectivity index (χ3n) is 2.46. The van der Waals surface area contributed by atoms with Crippen molar-refractivity contribution in [3.63, 3.8) is 0 Å². The number of allylic oxidation sites excluding steroid dienone is 1. The third kappa shape index (κ3) is 9.73. The van der Waals surface area contributed by atoms with Crippen molar-refractivity contribution in [1.29, 1.82) is 5.26 Å². The van der Waals surface area contributed by atoms with Crippen LogP contribution in [0.4, 0.5) is 0 Å². The lowest BCUT2D eigenvalue weighted by Crippen LogP contribution is -2.10. The van der Waals surface area contributed by atoms with E-state index in [1.807, 2.05) is 0 Å². The van der Waals surface area contributed by atoms with Gasteiger partial charge in [0.2, 0.25) is 0 Å². The molecule has 0 aromatic heterocycles. The Balaban J connectivity index is 3.41. The van der Waals surface area contributed by atoms with Gasteiger partial charge < -0.3 is 4.74 Å². The molecule has 1 unspecified atom stereocenters. The first-order valence-electron chi connectivity index (χ1n) is 6.51. The summed E-state index contributed by atoms with van der Waals surface area (Å²) < 4.78 is 5.49. The molecular formula is C14H25NO. The fourth-order valence-electron chi connectivity index (χ4n) is 1.41. The van der Waals surface area contributed by atoms with E-state index in [1.54, 1.807) is 0 Å². The molecule has 2 heteroatoms. The monoisotopic (exact) mass is 223 g/mol. The third-order valence-corrected chi connectivity index (χ3v) is 2.46. The summed E-state index contributed by atoms with van der Waals surface area (Å²) in [6.07, 6.45) is 11.8. The summed E-state index contributed by atoms with van der Waals surface area (Å²) in [6.45, 7) is 5.00. The molecule has 0 saturated carbocycles. The van der Waals surface area contributed by atoms with Gasteiger partial charge in [-0.25, -0.2) is 0 Å². The molecule has 92 valence electrons. The van der Waals surface area contributed by atoms with Crippen LogP contribution in [0, 0.1) is 11.3 Å². The number of nitriles is 1. The average Bonchev–Trinajstić information content (AvgIpc) is 2.32. The summed E-state index contributed by atoms with van der Waals surface area (Å²) in [5.74, 6) is 0. The summed E-state index contributed by atoms with van der Waals surface area (Å²) in [5, 5.41) is 8.83. The number of ether oxygens (including phenoxy) is 1. The zero-order valence-electron chi connectivity index (χ0n) is 10.7. The molecule has 0 rings (SSSR count). The Morgan fingerprint density at radius 1 is 1.12 bits per heavy atom. The van der Waals surface area contributed by atoms with Crippen molar-refractivity contribution in [3.8, 4) is 6.07 Å². The van der Waals surface area contributed by atoms with Crippen molar-refractivity contribution in [2.75, 3.05) is 6.61 Å². The van der Waals surface area contributed by atoms with E-state index in [1.165, 1.54) is 12.8 Å². The molecule has 0 N–H and O–H groups in total. The molecule has 0 bridgehead atoms. The van der Waals surface area contributed by atoms with E-state index in [9.17, 15) is 0 Å². The minimum absolute atomic E-state index is 0.205. The molecule has 0 saturated heterocycles. The van der Waals surface area contributed by atoms with Crippen molar-refractivity contribution in [2.24, 2.45) is 0 Å². The summed E-state index contributed by atoms with van der Waals surface area (Å²) in [6, 6.07) is 2.20. The molecule has 0 amide bonds. The standard InChI is InChI=1S/C14H25NO/c1-3-5-7-8-9-10-12-16-14(13-15)11-6-4-2/h8-9,14H,3-7,10-12H2,1-2H3/b9-8-. The average molecular weight is 223 g/mol. The van der Waals surface area contributed by atoms with E-state index >= 15 is 0 Å². The van der Waals surface area contributed by atoms with E-state index in [-0.39, 0.29) is 6.10 Å². The molecule has 16 heavy (non-hydrogen) atoms. The Hall–Kier alpha value is -0.810. The highest BCUT2D eigenvalue weighted by Crippen LogP contribution is 2.04. The molecule has 2 nitrogen and oxygen atoms in total. The number of hydrogen-bond acceptors (Lipinski definition) is 2. The molecule has 0 aliphatic heterocycles. The molecule has 0 aromatic carbocycles. The minimum Gasteiger partial charge on any atom is -0.363 e. The van der Waals surface area contributed by atoms with Crippen LogP contribution in [0.2, 0.25) is 0 Å². The Morgan fingerprint density at radius 3 is 2.44 bits per heavy atom. The van der Waals surface area contributed by atoms with Crippen molar-refractivity contribution in [1.82, 2.24) is 0 Å². The van der Waals surface area contributed by atoms with Crippen LogP contribution in [0.5, 0.6) is 0 Å². The molecule has 0 fully saturated rings. The zero-order valence-corrected chi connectivity index (χ0v) is 10.7. The van der Waals surface area contributed by atoms with E-state index in [4.69, 9.17) is 10.00 Å². The van der Waals surface area contributed by atoms with Crippen LogP contribution in [-0.2, 0) is 4.74 Å². The van der Waals surface area contributed by atoms with Crippen LogP contribution < -0.4 is 0 Å². The second kappa shape index (κ2) is 12.3. The maximum Gasteiger partial charge on any atom is 0.144 e. The van der Waals surface area contributed by atoms with Gasteiger partial charge in [-0.2, -0.15) is 5.26 Å². The lowest BCUT2D eigenvalue weighted by Gasteiger charge is -2.08. The first-order chi connectivity index (χ1) is 7.85. The summed E-state index contributed by atoms with van der Waals surface area (Å²) >= 11 is 0. The van der Waals surface area contributed by atoms with Crippen LogP contribution in [0.15, 0.2) is 12.2 Å². The lowest BCUT2D eigenvalue weighted by atomic mass is 10.2. The quantitative estimate of drug-likeness (QED) is 0.410. The van der Waals surface area contributed by atoms with Gasteiger partial charge in [0.15, 0.2) is 0 Å². The van der Waals surface area contributed by atoms with Gasteiger partial charge in [-0.1, -0.05) is 51.7 Å². The second-order valence-electron chi connectivity index (χ2n) is 4.03. The van der Waals surface area contributed by atoms with Crippen LogP contribution in [0.1, 0.15) is 58.8 Å². The first kappa shape index (κ1) is 15.2. The summed E-state index contributed by atoms with van der Waals surface area (Å²) in [7, 11) is 0. The highest BCUT2D eigenvalue weighted by atomic mass is 16.5. The Labute approximate surface area is 100 Å². The fraction of sp³-hybridized carbons (Fsp3) is 0.786. The normalized spacial score (nSPS) is 12.8. The minimum atomic E-state index is -0.205. The van der Waals surface area contributed by atoms with Crippen molar-refractivity contribution in [3.05, 3.63) is 12.2 Å². The summed E-state index contributed by atoms with van der Waals surface area (Å²) in [4.78, 5) is 0. The largest absolute Gasteiger partial charge is 0.363 e. The SMILES string of the molecule is CCCC/C=C\CCOC(C#N)CCCC. The number of rotatable bonds is 10. The van der Waals surface area contributed by atoms with Crippen molar-refractivity contribution < 1.29 is 4.74 Å². The highest BCUT2D eigenvalue weighted by molar-refractivity contribution is 4.85.